The Balaban J connectivity index is 2.13. The van der Waals surface area contributed by atoms with E-state index in [1.54, 1.807) is 43.9 Å². The minimum absolute atomic E-state index is 0.0897. The Hall–Kier alpha value is -4.04. The molecule has 0 aromatic heterocycles. The average molecular weight is 664 g/mol. The fourth-order valence-corrected chi connectivity index (χ4v) is 5.86. The van der Waals surface area contributed by atoms with Crippen molar-refractivity contribution in [2.45, 2.75) is 105 Å². The Morgan fingerprint density at radius 2 is 1.55 bits per heavy atom. The van der Waals surface area contributed by atoms with Gasteiger partial charge in [0.25, 0.3) is 5.91 Å². The number of nitrogens with zero attached hydrogens (tertiary/aromatic N) is 1. The highest BCUT2D eigenvalue weighted by atomic mass is 35.5. The normalized spacial score (nSPS) is 12.6. The maximum Gasteiger partial charge on any atom is 0.408 e. The fraction of sp³-hybridized carbons (Fsp3) is 0.447. The predicted molar refractivity (Wildman–Crippen MR) is 189 cm³/mol. The van der Waals surface area contributed by atoms with Crippen LogP contribution in [0.25, 0.3) is 0 Å². The van der Waals surface area contributed by atoms with Crippen LogP contribution in [0.1, 0.15) is 93.7 Å². The molecule has 0 aliphatic carbocycles. The molecule has 3 rings (SSSR count). The largest absolute Gasteiger partial charge is 0.508 e. The number of carbonyl (C=O) groups excluding carboxylic acids is 3. The minimum Gasteiger partial charge on any atom is -0.508 e. The summed E-state index contributed by atoms with van der Waals surface area (Å²) in [5, 5.41) is 16.1. The Morgan fingerprint density at radius 1 is 0.915 bits per heavy atom. The van der Waals surface area contributed by atoms with Gasteiger partial charge in [-0.3, -0.25) is 9.59 Å². The van der Waals surface area contributed by atoms with Gasteiger partial charge in [0.05, 0.1) is 10.7 Å². The molecule has 3 aromatic carbocycles. The molecule has 0 bridgehead atoms. The summed E-state index contributed by atoms with van der Waals surface area (Å²) >= 11 is 6.54. The molecule has 0 aliphatic heterocycles. The SMILES string of the molecule is CCCCCCCN(C(=O)C(Cc1ccc(O)cc1)NC(=O)OC(C)(C)C)C(C(=O)Nc1c(C)cccc1Cl)c1cc(C)cc(C)c1. The summed E-state index contributed by atoms with van der Waals surface area (Å²) in [5.74, 6) is -0.741. The maximum absolute atomic E-state index is 14.8. The topological polar surface area (TPSA) is 108 Å². The lowest BCUT2D eigenvalue weighted by Gasteiger charge is -2.35. The lowest BCUT2D eigenvalue weighted by molar-refractivity contribution is -0.140. The molecule has 0 radical (unpaired) electrons. The minimum atomic E-state index is -1.06. The molecule has 9 heteroatoms. The molecule has 0 saturated carbocycles. The highest BCUT2D eigenvalue weighted by Gasteiger charge is 2.37. The number of amides is 3. The van der Waals surface area contributed by atoms with Crippen LogP contribution in [0, 0.1) is 20.8 Å². The third kappa shape index (κ3) is 11.6. The second-order valence-corrected chi connectivity index (χ2v) is 13.7. The number of unbranched alkanes of at least 4 members (excludes halogenated alkanes) is 4. The van der Waals surface area contributed by atoms with E-state index in [2.05, 4.69) is 17.6 Å². The first kappa shape index (κ1) is 37.4. The number of hydrogen-bond donors (Lipinski definition) is 3. The number of rotatable bonds is 14. The molecule has 3 N–H and O–H groups in total. The number of ether oxygens (including phenoxy) is 1. The molecule has 47 heavy (non-hydrogen) atoms. The first-order valence-corrected chi connectivity index (χ1v) is 16.8. The molecule has 0 aliphatic rings. The lowest BCUT2D eigenvalue weighted by atomic mass is 9.96. The van der Waals surface area contributed by atoms with Crippen molar-refractivity contribution in [3.05, 3.63) is 93.5 Å². The summed E-state index contributed by atoms with van der Waals surface area (Å²) in [6, 6.07) is 15.6. The van der Waals surface area contributed by atoms with Crippen molar-refractivity contribution in [2.24, 2.45) is 0 Å². The summed E-state index contributed by atoms with van der Waals surface area (Å²) in [6.45, 7) is 13.5. The number of anilines is 1. The van der Waals surface area contributed by atoms with Crippen molar-refractivity contribution in [3.63, 3.8) is 0 Å². The molecule has 0 saturated heterocycles. The van der Waals surface area contributed by atoms with Crippen molar-refractivity contribution in [3.8, 4) is 5.75 Å². The first-order chi connectivity index (χ1) is 22.2. The van der Waals surface area contributed by atoms with Crippen LogP contribution in [0.15, 0.2) is 60.7 Å². The van der Waals surface area contributed by atoms with E-state index in [9.17, 15) is 19.5 Å². The summed E-state index contributed by atoms with van der Waals surface area (Å²) in [6.07, 6.45) is 4.08. The number of halogens is 1. The average Bonchev–Trinajstić information content (AvgIpc) is 2.97. The van der Waals surface area contributed by atoms with Crippen LogP contribution in [-0.4, -0.2) is 46.1 Å². The van der Waals surface area contributed by atoms with Gasteiger partial charge < -0.3 is 25.4 Å². The molecular weight excluding hydrogens is 614 g/mol. The van der Waals surface area contributed by atoms with E-state index in [1.165, 1.54) is 12.1 Å². The third-order valence-corrected chi connectivity index (χ3v) is 8.06. The highest BCUT2D eigenvalue weighted by molar-refractivity contribution is 6.34. The number of nitrogens with one attached hydrogen (secondary N) is 2. The molecule has 3 aromatic rings. The summed E-state index contributed by atoms with van der Waals surface area (Å²) < 4.78 is 5.56. The van der Waals surface area contributed by atoms with Crippen LogP contribution in [0.4, 0.5) is 10.5 Å². The molecule has 2 unspecified atom stereocenters. The number of hydrogen-bond acceptors (Lipinski definition) is 5. The van der Waals surface area contributed by atoms with E-state index in [0.717, 1.165) is 47.9 Å². The number of carbonyl (C=O) groups is 3. The van der Waals surface area contributed by atoms with Gasteiger partial charge in [-0.2, -0.15) is 0 Å². The van der Waals surface area contributed by atoms with Gasteiger partial charge >= 0.3 is 6.09 Å². The van der Waals surface area contributed by atoms with Crippen LogP contribution in [0.5, 0.6) is 5.75 Å². The van der Waals surface area contributed by atoms with Gasteiger partial charge in [-0.1, -0.05) is 97.8 Å². The Bertz CT molecular complexity index is 1480. The molecular formula is C38H50ClN3O5. The second-order valence-electron chi connectivity index (χ2n) is 13.3. The van der Waals surface area contributed by atoms with Crippen LogP contribution >= 0.6 is 11.6 Å². The first-order valence-electron chi connectivity index (χ1n) is 16.4. The van der Waals surface area contributed by atoms with E-state index in [4.69, 9.17) is 16.3 Å². The van der Waals surface area contributed by atoms with Gasteiger partial charge in [-0.05, 0) is 82.9 Å². The van der Waals surface area contributed by atoms with Crippen molar-refractivity contribution >= 4 is 35.2 Å². The van der Waals surface area contributed by atoms with E-state index < -0.39 is 35.6 Å². The zero-order chi connectivity index (χ0) is 34.7. The zero-order valence-electron chi connectivity index (χ0n) is 28.8. The van der Waals surface area contributed by atoms with E-state index in [-0.39, 0.29) is 18.7 Å². The predicted octanol–water partition coefficient (Wildman–Crippen LogP) is 8.59. The monoisotopic (exact) mass is 663 g/mol. The smallest absolute Gasteiger partial charge is 0.408 e. The molecule has 0 spiro atoms. The van der Waals surface area contributed by atoms with Crippen LogP contribution in [-0.2, 0) is 20.7 Å². The number of benzene rings is 3. The van der Waals surface area contributed by atoms with Gasteiger partial charge in [-0.15, -0.1) is 0 Å². The summed E-state index contributed by atoms with van der Waals surface area (Å²) in [5.41, 5.74) is 3.77. The van der Waals surface area contributed by atoms with Crippen LogP contribution in [0.3, 0.4) is 0 Å². The molecule has 2 atom stereocenters. The fourth-order valence-electron chi connectivity index (χ4n) is 5.59. The van der Waals surface area contributed by atoms with E-state index in [0.29, 0.717) is 22.7 Å². The van der Waals surface area contributed by atoms with Gasteiger partial charge in [0.15, 0.2) is 0 Å². The lowest BCUT2D eigenvalue weighted by Crippen LogP contribution is -2.53. The number of alkyl carbamates (subject to hydrolysis) is 1. The third-order valence-electron chi connectivity index (χ3n) is 7.74. The molecule has 0 fully saturated rings. The number of phenols is 1. The quantitative estimate of drug-likeness (QED) is 0.150. The molecule has 3 amide bonds. The van der Waals surface area contributed by atoms with Gasteiger partial charge in [-0.25, -0.2) is 4.79 Å². The standard InChI is InChI=1S/C38H50ClN3O5/c1-8-9-10-11-12-20-42(36(45)32(40-37(46)47-38(5,6)7)24-28-16-18-30(43)19-17-28)34(29-22-25(2)21-26(3)23-29)35(44)41-33-27(4)14-13-15-31(33)39/h13-19,21-23,32,34,43H,8-12,20,24H2,1-7H3,(H,40,46)(H,41,44). The number of phenolic OH excluding ortho intramolecular Hbond substituents is 1. The van der Waals surface area contributed by atoms with Crippen molar-refractivity contribution < 1.29 is 24.2 Å². The summed E-state index contributed by atoms with van der Waals surface area (Å²) in [7, 11) is 0. The second kappa shape index (κ2) is 17.2. The summed E-state index contributed by atoms with van der Waals surface area (Å²) in [4.78, 5) is 44.0. The van der Waals surface area contributed by atoms with Crippen molar-refractivity contribution in [1.82, 2.24) is 10.2 Å². The number of para-hydroxylation sites is 1. The van der Waals surface area contributed by atoms with Gasteiger partial charge in [0, 0.05) is 13.0 Å². The molecule has 8 nitrogen and oxygen atoms in total. The van der Waals surface area contributed by atoms with Crippen molar-refractivity contribution in [2.75, 3.05) is 11.9 Å². The van der Waals surface area contributed by atoms with Crippen LogP contribution < -0.4 is 10.6 Å². The highest BCUT2D eigenvalue weighted by Crippen LogP contribution is 2.31. The Labute approximate surface area is 284 Å². The van der Waals surface area contributed by atoms with Crippen molar-refractivity contribution in [1.29, 1.82) is 0 Å². The molecule has 254 valence electrons. The zero-order valence-corrected chi connectivity index (χ0v) is 29.5. The number of aromatic hydroxyl groups is 1. The van der Waals surface area contributed by atoms with Gasteiger partial charge in [0.2, 0.25) is 5.91 Å². The van der Waals surface area contributed by atoms with E-state index >= 15 is 0 Å². The number of aryl methyl sites for hydroxylation is 3. The van der Waals surface area contributed by atoms with Gasteiger partial charge in [0.1, 0.15) is 23.4 Å². The maximum atomic E-state index is 14.8. The Morgan fingerprint density at radius 3 is 2.15 bits per heavy atom. The Kier molecular flexibility index (Phi) is 13.7. The molecule has 0 heterocycles. The van der Waals surface area contributed by atoms with Crippen LogP contribution in [0.2, 0.25) is 5.02 Å². The van der Waals surface area contributed by atoms with E-state index in [1.807, 2.05) is 51.1 Å².